The van der Waals surface area contributed by atoms with Crippen molar-refractivity contribution in [3.63, 3.8) is 0 Å². The van der Waals surface area contributed by atoms with Gasteiger partial charge in [-0.25, -0.2) is 4.79 Å². The van der Waals surface area contributed by atoms with Crippen LogP contribution in [-0.2, 0) is 13.1 Å². The minimum Gasteiger partial charge on any atom is -0.476 e. The molecule has 0 bridgehead atoms. The van der Waals surface area contributed by atoms with E-state index in [-0.39, 0.29) is 5.69 Å². The van der Waals surface area contributed by atoms with Crippen molar-refractivity contribution in [1.29, 1.82) is 0 Å². The van der Waals surface area contributed by atoms with Gasteiger partial charge < -0.3 is 10.4 Å². The zero-order valence-electron chi connectivity index (χ0n) is 9.78. The highest BCUT2D eigenvalue weighted by molar-refractivity contribution is 5.87. The van der Waals surface area contributed by atoms with Gasteiger partial charge in [-0.3, -0.25) is 4.68 Å². The average Bonchev–Trinajstić information content (AvgIpc) is 2.90. The predicted molar refractivity (Wildman–Crippen MR) is 61.9 cm³/mol. The zero-order chi connectivity index (χ0) is 11.8. The largest absolute Gasteiger partial charge is 0.476 e. The van der Waals surface area contributed by atoms with E-state index in [1.54, 1.807) is 0 Å². The maximum Gasteiger partial charge on any atom is 0.356 e. The van der Waals surface area contributed by atoms with Crippen LogP contribution in [0, 0.1) is 0 Å². The van der Waals surface area contributed by atoms with Crippen molar-refractivity contribution < 1.29 is 9.90 Å². The van der Waals surface area contributed by atoms with Crippen molar-refractivity contribution in [2.75, 3.05) is 0 Å². The van der Waals surface area contributed by atoms with Crippen molar-refractivity contribution in [3.05, 3.63) is 17.0 Å². The lowest BCUT2D eigenvalue weighted by Crippen LogP contribution is -2.18. The SMILES string of the molecule is O=C(O)c1nn(C2CCCCC2)c2c1CNC2. The summed E-state index contributed by atoms with van der Waals surface area (Å²) < 4.78 is 1.98. The molecule has 5 nitrogen and oxygen atoms in total. The minimum atomic E-state index is -0.903. The molecule has 5 heteroatoms. The third kappa shape index (κ3) is 1.74. The zero-order valence-corrected chi connectivity index (χ0v) is 9.78. The van der Waals surface area contributed by atoms with Gasteiger partial charge in [0, 0.05) is 18.7 Å². The summed E-state index contributed by atoms with van der Waals surface area (Å²) in [5, 5.41) is 16.7. The molecule has 0 aromatic carbocycles. The number of aromatic carboxylic acids is 1. The van der Waals surface area contributed by atoms with E-state index in [1.807, 2.05) is 4.68 Å². The molecule has 0 saturated heterocycles. The lowest BCUT2D eigenvalue weighted by Gasteiger charge is -2.23. The molecule has 1 fully saturated rings. The van der Waals surface area contributed by atoms with Gasteiger partial charge in [0.1, 0.15) is 0 Å². The van der Waals surface area contributed by atoms with E-state index >= 15 is 0 Å². The summed E-state index contributed by atoms with van der Waals surface area (Å²) in [4.78, 5) is 11.2. The van der Waals surface area contributed by atoms with Crippen LogP contribution >= 0.6 is 0 Å². The summed E-state index contributed by atoms with van der Waals surface area (Å²) >= 11 is 0. The van der Waals surface area contributed by atoms with Crippen LogP contribution in [0.1, 0.15) is 59.9 Å². The van der Waals surface area contributed by atoms with Crippen LogP contribution in [-0.4, -0.2) is 20.9 Å². The Labute approximate surface area is 99.8 Å². The van der Waals surface area contributed by atoms with Gasteiger partial charge in [-0.15, -0.1) is 0 Å². The maximum atomic E-state index is 11.2. The highest BCUT2D eigenvalue weighted by Gasteiger charge is 2.29. The number of carboxylic acid groups (broad SMARTS) is 1. The molecule has 17 heavy (non-hydrogen) atoms. The second kappa shape index (κ2) is 4.14. The average molecular weight is 235 g/mol. The third-order valence-electron chi connectivity index (χ3n) is 3.84. The van der Waals surface area contributed by atoms with Crippen molar-refractivity contribution in [3.8, 4) is 0 Å². The Kier molecular flexibility index (Phi) is 2.63. The number of hydrogen-bond donors (Lipinski definition) is 2. The van der Waals surface area contributed by atoms with Gasteiger partial charge in [-0.1, -0.05) is 19.3 Å². The molecule has 2 heterocycles. The summed E-state index contributed by atoms with van der Waals surface area (Å²) in [6.07, 6.45) is 6.02. The second-order valence-corrected chi connectivity index (χ2v) is 4.92. The van der Waals surface area contributed by atoms with Gasteiger partial charge in [-0.2, -0.15) is 5.10 Å². The monoisotopic (exact) mass is 235 g/mol. The van der Waals surface area contributed by atoms with Crippen LogP contribution in [0.15, 0.2) is 0 Å². The number of fused-ring (bicyclic) bond motifs is 1. The van der Waals surface area contributed by atoms with Gasteiger partial charge in [-0.05, 0) is 12.8 Å². The van der Waals surface area contributed by atoms with E-state index < -0.39 is 5.97 Å². The van der Waals surface area contributed by atoms with Gasteiger partial charge in [0.25, 0.3) is 0 Å². The molecule has 92 valence electrons. The summed E-state index contributed by atoms with van der Waals surface area (Å²) in [6, 6.07) is 0.408. The van der Waals surface area contributed by atoms with Crippen molar-refractivity contribution in [2.45, 2.75) is 51.2 Å². The molecular weight excluding hydrogens is 218 g/mol. The first kappa shape index (κ1) is 10.8. The van der Waals surface area contributed by atoms with Crippen LogP contribution in [0.3, 0.4) is 0 Å². The van der Waals surface area contributed by atoms with Crippen molar-refractivity contribution in [1.82, 2.24) is 15.1 Å². The number of hydrogen-bond acceptors (Lipinski definition) is 3. The van der Waals surface area contributed by atoms with Crippen LogP contribution < -0.4 is 5.32 Å². The van der Waals surface area contributed by atoms with E-state index in [4.69, 9.17) is 5.11 Å². The summed E-state index contributed by atoms with van der Waals surface area (Å²) in [5.41, 5.74) is 2.23. The van der Waals surface area contributed by atoms with Gasteiger partial charge in [0.2, 0.25) is 0 Å². The Bertz CT molecular complexity index is 447. The van der Waals surface area contributed by atoms with Crippen LogP contribution in [0.25, 0.3) is 0 Å². The van der Waals surface area contributed by atoms with E-state index in [2.05, 4.69) is 10.4 Å². The standard InChI is InChI=1S/C12H17N3O2/c16-12(17)11-9-6-13-7-10(9)15(14-11)8-4-2-1-3-5-8/h8,13H,1-7H2,(H,16,17). The van der Waals surface area contributed by atoms with Crippen LogP contribution in [0.5, 0.6) is 0 Å². The molecular formula is C12H17N3O2. The quantitative estimate of drug-likeness (QED) is 0.818. The van der Waals surface area contributed by atoms with Crippen molar-refractivity contribution >= 4 is 5.97 Å². The molecule has 0 amide bonds. The fourth-order valence-electron chi connectivity index (χ4n) is 2.98. The van der Waals surface area contributed by atoms with E-state index in [9.17, 15) is 4.79 Å². The number of aromatic nitrogens is 2. The Morgan fingerprint density at radius 3 is 2.76 bits per heavy atom. The summed E-state index contributed by atoms with van der Waals surface area (Å²) in [6.45, 7) is 1.40. The number of carboxylic acids is 1. The number of nitrogens with one attached hydrogen (secondary N) is 1. The molecule has 1 saturated carbocycles. The Morgan fingerprint density at radius 2 is 2.06 bits per heavy atom. The highest BCUT2D eigenvalue weighted by Crippen LogP contribution is 2.31. The molecule has 0 radical (unpaired) electrons. The Morgan fingerprint density at radius 1 is 1.29 bits per heavy atom. The second-order valence-electron chi connectivity index (χ2n) is 4.92. The number of rotatable bonds is 2. The van der Waals surface area contributed by atoms with Crippen LogP contribution in [0.2, 0.25) is 0 Å². The molecule has 1 aromatic heterocycles. The molecule has 3 rings (SSSR count). The molecule has 1 aliphatic carbocycles. The van der Waals surface area contributed by atoms with Gasteiger partial charge in [0.05, 0.1) is 11.7 Å². The molecule has 0 unspecified atom stereocenters. The first-order chi connectivity index (χ1) is 8.27. The summed E-state index contributed by atoms with van der Waals surface area (Å²) in [5.74, 6) is -0.903. The van der Waals surface area contributed by atoms with Gasteiger partial charge >= 0.3 is 5.97 Å². The Balaban J connectivity index is 1.99. The summed E-state index contributed by atoms with van der Waals surface area (Å²) in [7, 11) is 0. The van der Waals surface area contributed by atoms with Gasteiger partial charge in [0.15, 0.2) is 5.69 Å². The first-order valence-corrected chi connectivity index (χ1v) is 6.31. The minimum absolute atomic E-state index is 0.246. The third-order valence-corrected chi connectivity index (χ3v) is 3.84. The molecule has 1 aromatic rings. The fourth-order valence-corrected chi connectivity index (χ4v) is 2.98. The maximum absolute atomic E-state index is 11.2. The molecule has 0 spiro atoms. The molecule has 2 aliphatic rings. The lowest BCUT2D eigenvalue weighted by atomic mass is 9.95. The topological polar surface area (TPSA) is 67.1 Å². The predicted octanol–water partition coefficient (Wildman–Crippen LogP) is 1.69. The van der Waals surface area contributed by atoms with Crippen LogP contribution in [0.4, 0.5) is 0 Å². The Hall–Kier alpha value is -1.36. The van der Waals surface area contributed by atoms with E-state index in [1.165, 1.54) is 19.3 Å². The molecule has 0 atom stereocenters. The number of carbonyl (C=O) groups is 1. The first-order valence-electron chi connectivity index (χ1n) is 6.31. The molecule has 2 N–H and O–H groups in total. The lowest BCUT2D eigenvalue weighted by molar-refractivity contribution is 0.0687. The van der Waals surface area contributed by atoms with E-state index in [0.29, 0.717) is 12.6 Å². The van der Waals surface area contributed by atoms with E-state index in [0.717, 1.165) is 30.6 Å². The normalized spacial score (nSPS) is 20.5. The fraction of sp³-hybridized carbons (Fsp3) is 0.667. The smallest absolute Gasteiger partial charge is 0.356 e. The van der Waals surface area contributed by atoms with Crippen molar-refractivity contribution in [2.24, 2.45) is 0 Å². The number of nitrogens with zero attached hydrogens (tertiary/aromatic N) is 2. The molecule has 1 aliphatic heterocycles. The highest BCUT2D eigenvalue weighted by atomic mass is 16.4.